The van der Waals surface area contributed by atoms with Gasteiger partial charge < -0.3 is 14.5 Å². The Morgan fingerprint density at radius 2 is 1.74 bits per heavy atom. The Bertz CT molecular complexity index is 1000. The second kappa shape index (κ2) is 13.6. The van der Waals surface area contributed by atoms with E-state index < -0.39 is 0 Å². The number of aromatic nitrogens is 1. The summed E-state index contributed by atoms with van der Waals surface area (Å²) in [6.07, 6.45) is 15.1. The lowest BCUT2D eigenvalue weighted by Gasteiger charge is -2.45. The van der Waals surface area contributed by atoms with Crippen LogP contribution in [0.5, 0.6) is 5.75 Å². The molecule has 0 N–H and O–H groups in total. The molecule has 6 heteroatoms. The van der Waals surface area contributed by atoms with Crippen LogP contribution in [-0.4, -0.2) is 78.0 Å². The lowest BCUT2D eigenvalue weighted by Crippen LogP contribution is -2.48. The Balaban J connectivity index is 1.22. The summed E-state index contributed by atoms with van der Waals surface area (Å²) < 4.78 is 6.31. The van der Waals surface area contributed by atoms with Gasteiger partial charge in [0.15, 0.2) is 0 Å². The van der Waals surface area contributed by atoms with E-state index in [0.717, 1.165) is 70.7 Å². The smallest absolute Gasteiger partial charge is 0.222 e. The van der Waals surface area contributed by atoms with Crippen molar-refractivity contribution < 1.29 is 9.53 Å². The summed E-state index contributed by atoms with van der Waals surface area (Å²) in [6.45, 7) is 8.85. The summed E-state index contributed by atoms with van der Waals surface area (Å²) in [5, 5.41) is 0. The molecule has 3 aliphatic rings. The molecule has 2 fully saturated rings. The molecule has 2 aromatic rings. The summed E-state index contributed by atoms with van der Waals surface area (Å²) in [6, 6.07) is 12.7. The maximum atomic E-state index is 13.0. The Morgan fingerprint density at radius 3 is 2.55 bits per heavy atom. The van der Waals surface area contributed by atoms with Gasteiger partial charge in [-0.05, 0) is 99.7 Å². The first-order valence-corrected chi connectivity index (χ1v) is 15.0. The van der Waals surface area contributed by atoms with Crippen LogP contribution in [-0.2, 0) is 17.8 Å². The van der Waals surface area contributed by atoms with E-state index in [1.54, 1.807) is 0 Å². The molecular formula is C32H46N4O2. The highest BCUT2D eigenvalue weighted by Gasteiger charge is 2.37. The minimum Gasteiger partial charge on any atom is -0.492 e. The lowest BCUT2D eigenvalue weighted by molar-refractivity contribution is -0.134. The largest absolute Gasteiger partial charge is 0.492 e. The number of benzene rings is 1. The molecule has 38 heavy (non-hydrogen) atoms. The normalized spacial score (nSPS) is 21.3. The van der Waals surface area contributed by atoms with Gasteiger partial charge in [-0.25, -0.2) is 0 Å². The van der Waals surface area contributed by atoms with Crippen molar-refractivity contribution in [2.45, 2.75) is 70.8 Å². The van der Waals surface area contributed by atoms with Crippen LogP contribution in [0.15, 0.2) is 48.8 Å². The summed E-state index contributed by atoms with van der Waals surface area (Å²) in [7, 11) is 0. The summed E-state index contributed by atoms with van der Waals surface area (Å²) in [5.74, 6) is 1.41. The maximum Gasteiger partial charge on any atom is 0.222 e. The Hall–Kier alpha value is -2.44. The minimum absolute atomic E-state index is 0.257. The number of likely N-dealkylation sites (tertiary alicyclic amines) is 2. The van der Waals surface area contributed by atoms with Crippen molar-refractivity contribution in [3.8, 4) is 5.75 Å². The molecule has 0 aliphatic carbocycles. The fraction of sp³-hybridized carbons (Fsp3) is 0.625. The predicted molar refractivity (Wildman–Crippen MR) is 152 cm³/mol. The van der Waals surface area contributed by atoms with Crippen molar-refractivity contribution in [1.82, 2.24) is 19.7 Å². The number of para-hydroxylation sites is 1. The van der Waals surface area contributed by atoms with E-state index in [4.69, 9.17) is 4.74 Å². The molecule has 0 radical (unpaired) electrons. The van der Waals surface area contributed by atoms with Crippen molar-refractivity contribution in [3.63, 3.8) is 0 Å². The zero-order chi connectivity index (χ0) is 26.0. The van der Waals surface area contributed by atoms with E-state index >= 15 is 0 Å². The van der Waals surface area contributed by atoms with Crippen LogP contribution in [0, 0.1) is 5.41 Å². The Morgan fingerprint density at radius 1 is 0.895 bits per heavy atom. The number of hydrogen-bond donors (Lipinski definition) is 0. The first kappa shape index (κ1) is 27.1. The second-order valence-corrected chi connectivity index (χ2v) is 11.8. The molecule has 1 aromatic carbocycles. The van der Waals surface area contributed by atoms with Crippen LogP contribution < -0.4 is 4.74 Å². The standard InChI is InChI=1S/C32H46N4O2/c37-31(13-8-20-34-18-5-6-19-34)36-21-15-32(16-22-36)14-4-3-11-29-10-1-2-12-30(29)38-24-23-35(27-32)26-28-9-7-17-33-25-28/h1-2,7,9-10,12,17,25H,3-6,8,11,13-16,18-24,26-27H2. The van der Waals surface area contributed by atoms with Crippen LogP contribution in [0.4, 0.5) is 0 Å². The summed E-state index contributed by atoms with van der Waals surface area (Å²) in [4.78, 5) is 24.7. The fourth-order valence-corrected chi connectivity index (χ4v) is 6.73. The third kappa shape index (κ3) is 7.57. The molecule has 0 bridgehead atoms. The lowest BCUT2D eigenvalue weighted by atomic mass is 9.73. The third-order valence-electron chi connectivity index (χ3n) is 8.97. The van der Waals surface area contributed by atoms with Gasteiger partial charge in [0.1, 0.15) is 12.4 Å². The van der Waals surface area contributed by atoms with Gasteiger partial charge in [-0.1, -0.05) is 30.7 Å². The zero-order valence-corrected chi connectivity index (χ0v) is 23.2. The third-order valence-corrected chi connectivity index (χ3v) is 8.97. The minimum atomic E-state index is 0.257. The van der Waals surface area contributed by atoms with E-state index in [-0.39, 0.29) is 5.41 Å². The Labute approximate surface area is 229 Å². The van der Waals surface area contributed by atoms with Gasteiger partial charge in [-0.15, -0.1) is 0 Å². The van der Waals surface area contributed by atoms with E-state index in [9.17, 15) is 4.79 Å². The first-order valence-electron chi connectivity index (χ1n) is 15.0. The molecular weight excluding hydrogens is 472 g/mol. The molecule has 0 atom stereocenters. The van der Waals surface area contributed by atoms with Crippen LogP contribution in [0.25, 0.3) is 0 Å². The number of hydrogen-bond acceptors (Lipinski definition) is 5. The zero-order valence-electron chi connectivity index (χ0n) is 23.2. The Kier molecular flexibility index (Phi) is 9.69. The SMILES string of the molecule is O=C(CCCN1CCCC1)N1CCC2(CCCCc3ccccc3OCCN(Cc3cccnc3)C2)CC1. The molecule has 5 rings (SSSR count). The van der Waals surface area contributed by atoms with Crippen molar-refractivity contribution in [2.75, 3.05) is 52.4 Å². The van der Waals surface area contributed by atoms with Crippen molar-refractivity contribution in [3.05, 3.63) is 59.9 Å². The van der Waals surface area contributed by atoms with E-state index in [1.165, 1.54) is 56.3 Å². The number of aryl methyl sites for hydroxylation is 1. The average molecular weight is 519 g/mol. The molecule has 3 aliphatic heterocycles. The molecule has 2 saturated heterocycles. The summed E-state index contributed by atoms with van der Waals surface area (Å²) >= 11 is 0. The second-order valence-electron chi connectivity index (χ2n) is 11.8. The number of nitrogens with zero attached hydrogens (tertiary/aromatic N) is 4. The number of amides is 1. The number of pyridine rings is 1. The fourth-order valence-electron chi connectivity index (χ4n) is 6.73. The van der Waals surface area contributed by atoms with Gasteiger partial charge in [0.05, 0.1) is 0 Å². The van der Waals surface area contributed by atoms with E-state index in [1.807, 2.05) is 18.5 Å². The molecule has 4 heterocycles. The molecule has 6 nitrogen and oxygen atoms in total. The first-order chi connectivity index (χ1) is 18.7. The highest BCUT2D eigenvalue weighted by Crippen LogP contribution is 2.39. The number of rotatable bonds is 6. The van der Waals surface area contributed by atoms with E-state index in [0.29, 0.717) is 18.9 Å². The van der Waals surface area contributed by atoms with Gasteiger partial charge in [0.25, 0.3) is 0 Å². The molecule has 1 aromatic heterocycles. The highest BCUT2D eigenvalue weighted by molar-refractivity contribution is 5.76. The number of piperidine rings is 1. The van der Waals surface area contributed by atoms with Gasteiger partial charge in [0.2, 0.25) is 5.91 Å². The van der Waals surface area contributed by atoms with Crippen molar-refractivity contribution in [2.24, 2.45) is 5.41 Å². The quantitative estimate of drug-likeness (QED) is 0.528. The van der Waals surface area contributed by atoms with Gasteiger partial charge in [0, 0.05) is 51.5 Å². The predicted octanol–water partition coefficient (Wildman–Crippen LogP) is 5.17. The number of ether oxygens (including phenoxy) is 1. The van der Waals surface area contributed by atoms with Gasteiger partial charge in [-0.3, -0.25) is 14.7 Å². The summed E-state index contributed by atoms with van der Waals surface area (Å²) in [5.41, 5.74) is 2.84. The van der Waals surface area contributed by atoms with Crippen molar-refractivity contribution >= 4 is 5.91 Å². The van der Waals surface area contributed by atoms with Crippen molar-refractivity contribution in [1.29, 1.82) is 0 Å². The molecule has 1 spiro atoms. The van der Waals surface area contributed by atoms with Gasteiger partial charge >= 0.3 is 0 Å². The molecule has 206 valence electrons. The van der Waals surface area contributed by atoms with Gasteiger partial charge in [-0.2, -0.15) is 0 Å². The molecule has 0 saturated carbocycles. The van der Waals surface area contributed by atoms with Crippen LogP contribution in [0.3, 0.4) is 0 Å². The molecule has 0 unspecified atom stereocenters. The number of fused-ring (bicyclic) bond motifs is 1. The van der Waals surface area contributed by atoms with Crippen LogP contribution in [0.1, 0.15) is 68.9 Å². The van der Waals surface area contributed by atoms with Crippen LogP contribution in [0.2, 0.25) is 0 Å². The maximum absolute atomic E-state index is 13.0. The highest BCUT2D eigenvalue weighted by atomic mass is 16.5. The average Bonchev–Trinajstić information content (AvgIpc) is 3.46. The number of carbonyl (C=O) groups excluding carboxylic acids is 1. The molecule has 1 amide bonds. The van der Waals surface area contributed by atoms with E-state index in [2.05, 4.69) is 50.0 Å². The monoisotopic (exact) mass is 518 g/mol. The number of carbonyl (C=O) groups is 1. The van der Waals surface area contributed by atoms with Crippen LogP contribution >= 0.6 is 0 Å². The topological polar surface area (TPSA) is 48.9 Å².